The third-order valence-corrected chi connectivity index (χ3v) is 3.10. The quantitative estimate of drug-likeness (QED) is 0.782. The van der Waals surface area contributed by atoms with Gasteiger partial charge in [-0.1, -0.05) is 6.92 Å². The second-order valence-electron chi connectivity index (χ2n) is 4.47. The van der Waals surface area contributed by atoms with Gasteiger partial charge in [0.15, 0.2) is 0 Å². The van der Waals surface area contributed by atoms with Crippen LogP contribution in [0.1, 0.15) is 24.0 Å². The van der Waals surface area contributed by atoms with E-state index in [-0.39, 0.29) is 0 Å². The lowest BCUT2D eigenvalue weighted by atomic mass is 10.2. The smallest absolute Gasteiger partial charge is 0.105 e. The van der Waals surface area contributed by atoms with Gasteiger partial charge in [-0.2, -0.15) is 5.10 Å². The average Bonchev–Trinajstić information content (AvgIpc) is 2.91. The summed E-state index contributed by atoms with van der Waals surface area (Å²) in [6.07, 6.45) is 6.93. The molecule has 0 atom stereocenters. The van der Waals surface area contributed by atoms with E-state index in [1.54, 1.807) is 0 Å². The van der Waals surface area contributed by atoms with Crippen LogP contribution in [-0.4, -0.2) is 25.9 Å². The summed E-state index contributed by atoms with van der Waals surface area (Å²) < 4.78 is 4.03. The van der Waals surface area contributed by atoms with E-state index in [0.717, 1.165) is 31.9 Å². The van der Waals surface area contributed by atoms with Crippen molar-refractivity contribution in [3.05, 3.63) is 35.7 Å². The molecule has 0 aliphatic rings. The zero-order valence-corrected chi connectivity index (χ0v) is 11.3. The van der Waals surface area contributed by atoms with Gasteiger partial charge in [-0.3, -0.25) is 4.68 Å². The van der Waals surface area contributed by atoms with Crippen LogP contribution in [-0.2, 0) is 26.6 Å². The number of aryl methyl sites for hydroxylation is 3. The molecule has 98 valence electrons. The van der Waals surface area contributed by atoms with Crippen LogP contribution in [0.15, 0.2) is 18.6 Å². The fourth-order valence-corrected chi connectivity index (χ4v) is 2.09. The van der Waals surface area contributed by atoms with E-state index in [0.29, 0.717) is 0 Å². The number of imidazole rings is 1. The second kappa shape index (κ2) is 5.82. The first kappa shape index (κ1) is 12.8. The predicted octanol–water partition coefficient (Wildman–Crippen LogP) is 1.28. The van der Waals surface area contributed by atoms with Gasteiger partial charge in [0.25, 0.3) is 0 Å². The molecule has 2 aromatic heterocycles. The fraction of sp³-hybridized carbons (Fsp3) is 0.538. The van der Waals surface area contributed by atoms with E-state index in [1.165, 1.54) is 11.3 Å². The van der Waals surface area contributed by atoms with Gasteiger partial charge >= 0.3 is 0 Å². The Bertz CT molecular complexity index is 497. The largest absolute Gasteiger partial charge is 0.334 e. The summed E-state index contributed by atoms with van der Waals surface area (Å²) in [5, 5.41) is 7.89. The van der Waals surface area contributed by atoms with E-state index in [4.69, 9.17) is 0 Å². The van der Waals surface area contributed by atoms with Crippen molar-refractivity contribution in [1.29, 1.82) is 0 Å². The van der Waals surface area contributed by atoms with Crippen LogP contribution in [0.4, 0.5) is 0 Å². The monoisotopic (exact) mass is 247 g/mol. The second-order valence-corrected chi connectivity index (χ2v) is 4.47. The van der Waals surface area contributed by atoms with Crippen molar-refractivity contribution >= 4 is 0 Å². The third-order valence-electron chi connectivity index (χ3n) is 3.10. The highest BCUT2D eigenvalue weighted by molar-refractivity contribution is 5.16. The standard InChI is InChI=1S/C13H21N5/c1-4-13-12(10-17(3)16-13)9-14-5-7-18-8-6-15-11(18)2/h6,8,10,14H,4-5,7,9H2,1-3H3. The Kier molecular flexibility index (Phi) is 4.15. The number of hydrogen-bond acceptors (Lipinski definition) is 3. The lowest BCUT2D eigenvalue weighted by molar-refractivity contribution is 0.586. The highest BCUT2D eigenvalue weighted by atomic mass is 15.3. The normalized spacial score (nSPS) is 11.1. The molecule has 0 saturated carbocycles. The first-order chi connectivity index (χ1) is 8.70. The van der Waals surface area contributed by atoms with Gasteiger partial charge in [0, 0.05) is 50.8 Å². The molecule has 0 radical (unpaired) electrons. The minimum Gasteiger partial charge on any atom is -0.334 e. The molecule has 2 rings (SSSR count). The highest BCUT2D eigenvalue weighted by Crippen LogP contribution is 2.06. The van der Waals surface area contributed by atoms with Gasteiger partial charge < -0.3 is 9.88 Å². The number of nitrogens with zero attached hydrogens (tertiary/aromatic N) is 4. The number of hydrogen-bond donors (Lipinski definition) is 1. The molecule has 0 amide bonds. The SMILES string of the molecule is CCc1nn(C)cc1CNCCn1ccnc1C. The summed E-state index contributed by atoms with van der Waals surface area (Å²) in [5.74, 6) is 1.06. The molecule has 18 heavy (non-hydrogen) atoms. The summed E-state index contributed by atoms with van der Waals surface area (Å²) in [4.78, 5) is 4.21. The Hall–Kier alpha value is -1.62. The van der Waals surface area contributed by atoms with Gasteiger partial charge in [0.05, 0.1) is 5.69 Å². The first-order valence-electron chi connectivity index (χ1n) is 6.40. The Morgan fingerprint density at radius 3 is 2.89 bits per heavy atom. The third kappa shape index (κ3) is 2.98. The van der Waals surface area contributed by atoms with Crippen LogP contribution in [0, 0.1) is 6.92 Å². The highest BCUT2D eigenvalue weighted by Gasteiger charge is 2.04. The predicted molar refractivity (Wildman–Crippen MR) is 71.3 cm³/mol. The average molecular weight is 247 g/mol. The fourth-order valence-electron chi connectivity index (χ4n) is 2.09. The number of nitrogens with one attached hydrogen (secondary N) is 1. The van der Waals surface area contributed by atoms with Gasteiger partial charge in [0.1, 0.15) is 5.82 Å². The summed E-state index contributed by atoms with van der Waals surface area (Å²) in [7, 11) is 1.97. The zero-order chi connectivity index (χ0) is 13.0. The Labute approximate surface area is 108 Å². The van der Waals surface area contributed by atoms with E-state index in [1.807, 2.05) is 31.0 Å². The molecular weight excluding hydrogens is 226 g/mol. The van der Waals surface area contributed by atoms with Crippen LogP contribution in [0.5, 0.6) is 0 Å². The summed E-state index contributed by atoms with van der Waals surface area (Å²) >= 11 is 0. The van der Waals surface area contributed by atoms with Crippen molar-refractivity contribution in [2.24, 2.45) is 7.05 Å². The topological polar surface area (TPSA) is 47.7 Å². The lowest BCUT2D eigenvalue weighted by Gasteiger charge is -2.06. The molecule has 0 spiro atoms. The Balaban J connectivity index is 1.80. The van der Waals surface area contributed by atoms with Crippen LogP contribution >= 0.6 is 0 Å². The van der Waals surface area contributed by atoms with Gasteiger partial charge in [-0.05, 0) is 13.3 Å². The van der Waals surface area contributed by atoms with Crippen molar-refractivity contribution in [1.82, 2.24) is 24.6 Å². The van der Waals surface area contributed by atoms with Crippen LogP contribution in [0.2, 0.25) is 0 Å². The minimum atomic E-state index is 0.880. The Morgan fingerprint density at radius 1 is 1.39 bits per heavy atom. The van der Waals surface area contributed by atoms with Crippen LogP contribution in [0.3, 0.4) is 0 Å². The molecular formula is C13H21N5. The number of rotatable bonds is 6. The van der Waals surface area contributed by atoms with Crippen molar-refractivity contribution < 1.29 is 0 Å². The molecule has 0 aromatic carbocycles. The molecule has 5 nitrogen and oxygen atoms in total. The summed E-state index contributed by atoms with van der Waals surface area (Å²) in [6.45, 7) is 6.94. The molecule has 5 heteroatoms. The molecule has 2 aromatic rings. The van der Waals surface area contributed by atoms with Crippen molar-refractivity contribution in [2.45, 2.75) is 33.4 Å². The van der Waals surface area contributed by atoms with E-state index >= 15 is 0 Å². The van der Waals surface area contributed by atoms with Crippen molar-refractivity contribution in [3.63, 3.8) is 0 Å². The molecule has 0 bridgehead atoms. The maximum absolute atomic E-state index is 4.43. The summed E-state index contributed by atoms with van der Waals surface area (Å²) in [5.41, 5.74) is 2.48. The van der Waals surface area contributed by atoms with E-state index in [9.17, 15) is 0 Å². The minimum absolute atomic E-state index is 0.880. The summed E-state index contributed by atoms with van der Waals surface area (Å²) in [6, 6.07) is 0. The molecule has 0 fully saturated rings. The van der Waals surface area contributed by atoms with Crippen molar-refractivity contribution in [3.8, 4) is 0 Å². The molecule has 2 heterocycles. The molecule has 0 saturated heterocycles. The van der Waals surface area contributed by atoms with Gasteiger partial charge in [-0.15, -0.1) is 0 Å². The molecule has 0 aliphatic carbocycles. The first-order valence-corrected chi connectivity index (χ1v) is 6.40. The van der Waals surface area contributed by atoms with Crippen LogP contribution < -0.4 is 5.32 Å². The van der Waals surface area contributed by atoms with Gasteiger partial charge in [0.2, 0.25) is 0 Å². The van der Waals surface area contributed by atoms with Crippen molar-refractivity contribution in [2.75, 3.05) is 6.54 Å². The zero-order valence-electron chi connectivity index (χ0n) is 11.3. The van der Waals surface area contributed by atoms with Gasteiger partial charge in [-0.25, -0.2) is 4.98 Å². The van der Waals surface area contributed by atoms with E-state index in [2.05, 4.69) is 33.1 Å². The van der Waals surface area contributed by atoms with E-state index < -0.39 is 0 Å². The number of aromatic nitrogens is 4. The molecule has 0 unspecified atom stereocenters. The Morgan fingerprint density at radius 2 is 2.22 bits per heavy atom. The molecule has 1 N–H and O–H groups in total. The maximum Gasteiger partial charge on any atom is 0.105 e. The molecule has 0 aliphatic heterocycles. The lowest BCUT2D eigenvalue weighted by Crippen LogP contribution is -2.20. The van der Waals surface area contributed by atoms with Crippen LogP contribution in [0.25, 0.3) is 0 Å². The maximum atomic E-state index is 4.43.